The summed E-state index contributed by atoms with van der Waals surface area (Å²) in [5.41, 5.74) is 0.602. The fourth-order valence-electron chi connectivity index (χ4n) is 1.63. The van der Waals surface area contributed by atoms with Crippen LogP contribution in [0.5, 0.6) is 0 Å². The van der Waals surface area contributed by atoms with Crippen LogP contribution in [0.3, 0.4) is 0 Å². The minimum absolute atomic E-state index is 0.135. The van der Waals surface area contributed by atoms with E-state index >= 15 is 0 Å². The zero-order chi connectivity index (χ0) is 15.4. The maximum Gasteiger partial charge on any atom is 0.348 e. The number of benzene rings is 1. The summed E-state index contributed by atoms with van der Waals surface area (Å²) in [6, 6.07) is 8.34. The number of hydrogen-bond acceptors (Lipinski definition) is 5. The number of methoxy groups -OCH3 is 1. The number of halogens is 1. The Kier molecular flexibility index (Phi) is 4.72. The van der Waals surface area contributed by atoms with Gasteiger partial charge in [-0.1, -0.05) is 35.9 Å². The molecular formula is C14H10ClNO4S. The Morgan fingerprint density at radius 3 is 2.71 bits per heavy atom. The Labute approximate surface area is 129 Å². The van der Waals surface area contributed by atoms with E-state index in [1.807, 2.05) is 6.07 Å². The lowest BCUT2D eigenvalue weighted by Crippen LogP contribution is -1.97. The Balaban J connectivity index is 2.39. The van der Waals surface area contributed by atoms with Crippen LogP contribution in [0.15, 0.2) is 30.3 Å². The maximum atomic E-state index is 11.5. The summed E-state index contributed by atoms with van der Waals surface area (Å²) in [6.07, 6.45) is 3.23. The molecule has 1 aromatic carbocycles. The van der Waals surface area contributed by atoms with Crippen molar-refractivity contribution >= 4 is 46.7 Å². The second-order valence-electron chi connectivity index (χ2n) is 3.96. The minimum Gasteiger partial charge on any atom is -0.465 e. The van der Waals surface area contributed by atoms with Gasteiger partial charge in [-0.2, -0.15) is 0 Å². The molecule has 21 heavy (non-hydrogen) atoms. The lowest BCUT2D eigenvalue weighted by atomic mass is 10.2. The molecule has 0 atom stereocenters. The number of thiophene rings is 1. The van der Waals surface area contributed by atoms with Crippen LogP contribution in [0.1, 0.15) is 20.1 Å². The van der Waals surface area contributed by atoms with Crippen LogP contribution in [0.2, 0.25) is 5.02 Å². The third-order valence-electron chi connectivity index (χ3n) is 2.64. The van der Waals surface area contributed by atoms with Crippen LogP contribution in [0.25, 0.3) is 12.2 Å². The van der Waals surface area contributed by atoms with E-state index in [9.17, 15) is 14.9 Å². The van der Waals surface area contributed by atoms with Gasteiger partial charge in [-0.15, -0.1) is 11.3 Å². The van der Waals surface area contributed by atoms with Crippen molar-refractivity contribution < 1.29 is 14.5 Å². The fraction of sp³-hybridized carbons (Fsp3) is 0.0714. The maximum absolute atomic E-state index is 11.5. The van der Waals surface area contributed by atoms with Crippen LogP contribution in [0.4, 0.5) is 5.69 Å². The molecule has 0 unspecified atom stereocenters. The van der Waals surface area contributed by atoms with Gasteiger partial charge in [0.05, 0.1) is 12.0 Å². The fourth-order valence-corrected chi connectivity index (χ4v) is 2.78. The highest BCUT2D eigenvalue weighted by atomic mass is 35.5. The molecule has 1 aromatic heterocycles. The molecule has 0 saturated carbocycles. The zero-order valence-electron chi connectivity index (χ0n) is 10.9. The van der Waals surface area contributed by atoms with Crippen LogP contribution in [-0.4, -0.2) is 18.0 Å². The van der Waals surface area contributed by atoms with Gasteiger partial charge in [0.1, 0.15) is 9.75 Å². The van der Waals surface area contributed by atoms with Gasteiger partial charge in [-0.05, 0) is 17.7 Å². The summed E-state index contributed by atoms with van der Waals surface area (Å²) >= 11 is 7.01. The van der Waals surface area contributed by atoms with Gasteiger partial charge in [-0.3, -0.25) is 10.1 Å². The molecule has 2 aromatic rings. The molecule has 0 aliphatic heterocycles. The first-order valence-electron chi connectivity index (χ1n) is 5.82. The molecule has 0 aliphatic rings. The smallest absolute Gasteiger partial charge is 0.348 e. The van der Waals surface area contributed by atoms with Gasteiger partial charge in [0, 0.05) is 11.1 Å². The van der Waals surface area contributed by atoms with E-state index in [1.165, 1.54) is 13.2 Å². The molecular weight excluding hydrogens is 314 g/mol. The van der Waals surface area contributed by atoms with Crippen molar-refractivity contribution in [2.75, 3.05) is 7.11 Å². The van der Waals surface area contributed by atoms with Gasteiger partial charge in [0.15, 0.2) is 0 Å². The van der Waals surface area contributed by atoms with Crippen LogP contribution < -0.4 is 0 Å². The monoisotopic (exact) mass is 323 g/mol. The third-order valence-corrected chi connectivity index (χ3v) is 4.06. The molecule has 2 rings (SSSR count). The lowest BCUT2D eigenvalue weighted by Gasteiger charge is -1.95. The molecule has 108 valence electrons. The summed E-state index contributed by atoms with van der Waals surface area (Å²) in [7, 11) is 1.23. The molecule has 0 aliphatic carbocycles. The highest BCUT2D eigenvalue weighted by Gasteiger charge is 2.21. The van der Waals surface area contributed by atoms with E-state index in [0.717, 1.165) is 16.9 Å². The van der Waals surface area contributed by atoms with Crippen molar-refractivity contribution in [3.8, 4) is 0 Å². The molecule has 0 saturated heterocycles. The van der Waals surface area contributed by atoms with Crippen LogP contribution in [-0.2, 0) is 4.74 Å². The highest BCUT2D eigenvalue weighted by molar-refractivity contribution is 7.15. The van der Waals surface area contributed by atoms with E-state index < -0.39 is 10.9 Å². The SMILES string of the molecule is COC(=O)c1cc([N+](=O)[O-])c(/C=C/c2ccccc2Cl)s1. The summed E-state index contributed by atoms with van der Waals surface area (Å²) in [5, 5.41) is 11.6. The molecule has 0 spiro atoms. The number of rotatable bonds is 4. The van der Waals surface area contributed by atoms with Crippen molar-refractivity contribution in [1.29, 1.82) is 0 Å². The first-order valence-corrected chi connectivity index (χ1v) is 7.01. The standard InChI is InChI=1S/C14H10ClNO4S/c1-20-14(17)13-8-11(16(18)19)12(21-13)7-6-9-4-2-3-5-10(9)15/h2-8H,1H3/b7-6+. The topological polar surface area (TPSA) is 69.4 Å². The zero-order valence-corrected chi connectivity index (χ0v) is 12.5. The van der Waals surface area contributed by atoms with E-state index in [4.69, 9.17) is 11.6 Å². The summed E-state index contributed by atoms with van der Waals surface area (Å²) in [6.45, 7) is 0. The predicted molar refractivity (Wildman–Crippen MR) is 82.7 cm³/mol. The van der Waals surface area contributed by atoms with Crippen molar-refractivity contribution in [3.05, 3.63) is 60.8 Å². The average molecular weight is 324 g/mol. The first-order chi connectivity index (χ1) is 10.0. The highest BCUT2D eigenvalue weighted by Crippen LogP contribution is 2.31. The number of nitro groups is 1. The summed E-state index contributed by atoms with van der Waals surface area (Å²) < 4.78 is 4.57. The molecule has 0 bridgehead atoms. The van der Waals surface area contributed by atoms with E-state index in [2.05, 4.69) is 4.74 Å². The van der Waals surface area contributed by atoms with E-state index in [0.29, 0.717) is 9.90 Å². The van der Waals surface area contributed by atoms with E-state index in [-0.39, 0.29) is 10.6 Å². The molecule has 1 heterocycles. The Morgan fingerprint density at radius 2 is 2.10 bits per heavy atom. The van der Waals surface area contributed by atoms with Gasteiger partial charge < -0.3 is 4.74 Å². The third kappa shape index (κ3) is 3.48. The second-order valence-corrected chi connectivity index (χ2v) is 5.45. The Bertz CT molecular complexity index is 724. The summed E-state index contributed by atoms with van der Waals surface area (Å²) in [5.74, 6) is -0.597. The summed E-state index contributed by atoms with van der Waals surface area (Å²) in [4.78, 5) is 22.5. The largest absolute Gasteiger partial charge is 0.465 e. The van der Waals surface area contributed by atoms with Gasteiger partial charge >= 0.3 is 5.97 Å². The predicted octanol–water partition coefficient (Wildman–Crippen LogP) is 4.27. The van der Waals surface area contributed by atoms with Crippen molar-refractivity contribution in [3.63, 3.8) is 0 Å². The number of carbonyl (C=O) groups is 1. The van der Waals surface area contributed by atoms with Crippen LogP contribution in [0, 0.1) is 10.1 Å². The van der Waals surface area contributed by atoms with Crippen molar-refractivity contribution in [2.24, 2.45) is 0 Å². The van der Waals surface area contributed by atoms with Crippen molar-refractivity contribution in [2.45, 2.75) is 0 Å². The molecule has 0 radical (unpaired) electrons. The lowest BCUT2D eigenvalue weighted by molar-refractivity contribution is -0.384. The average Bonchev–Trinajstić information content (AvgIpc) is 2.90. The van der Waals surface area contributed by atoms with Gasteiger partial charge in [-0.25, -0.2) is 4.79 Å². The Hall–Kier alpha value is -2.18. The quantitative estimate of drug-likeness (QED) is 0.478. The van der Waals surface area contributed by atoms with Gasteiger partial charge in [0.25, 0.3) is 5.69 Å². The number of nitrogens with zero attached hydrogens (tertiary/aromatic N) is 1. The minimum atomic E-state index is -0.597. The molecule has 0 fully saturated rings. The number of carbonyl (C=O) groups excluding carboxylic acids is 1. The number of ether oxygens (including phenoxy) is 1. The number of hydrogen-bond donors (Lipinski definition) is 0. The van der Waals surface area contributed by atoms with Gasteiger partial charge in [0.2, 0.25) is 0 Å². The molecule has 0 amide bonds. The molecule has 0 N–H and O–H groups in total. The molecule has 7 heteroatoms. The van der Waals surface area contributed by atoms with Crippen molar-refractivity contribution in [1.82, 2.24) is 0 Å². The Morgan fingerprint density at radius 1 is 1.38 bits per heavy atom. The first kappa shape index (κ1) is 15.2. The number of esters is 1. The second kappa shape index (κ2) is 6.51. The van der Waals surface area contributed by atoms with Crippen LogP contribution >= 0.6 is 22.9 Å². The molecule has 5 nitrogen and oxygen atoms in total. The van der Waals surface area contributed by atoms with E-state index in [1.54, 1.807) is 30.4 Å². The normalized spacial score (nSPS) is 10.8.